The molecule has 0 radical (unpaired) electrons. The number of hydrogen-bond acceptors (Lipinski definition) is 4. The first-order chi connectivity index (χ1) is 10.5. The maximum absolute atomic E-state index is 13.1. The van der Waals surface area contributed by atoms with Gasteiger partial charge in [-0.25, -0.2) is 8.42 Å². The van der Waals surface area contributed by atoms with E-state index >= 15 is 0 Å². The van der Waals surface area contributed by atoms with Gasteiger partial charge in [0.1, 0.15) is 10.6 Å². The van der Waals surface area contributed by atoms with Crippen molar-refractivity contribution in [3.63, 3.8) is 0 Å². The van der Waals surface area contributed by atoms with E-state index in [1.807, 2.05) is 29.8 Å². The van der Waals surface area contributed by atoms with Gasteiger partial charge in [0.2, 0.25) is 10.0 Å². The van der Waals surface area contributed by atoms with Crippen molar-refractivity contribution in [2.24, 2.45) is 0 Å². The van der Waals surface area contributed by atoms with Gasteiger partial charge in [0.05, 0.1) is 7.11 Å². The van der Waals surface area contributed by atoms with Gasteiger partial charge in [-0.2, -0.15) is 15.6 Å². The predicted octanol–water partition coefficient (Wildman–Crippen LogP) is 3.42. The average molecular weight is 337 g/mol. The van der Waals surface area contributed by atoms with Gasteiger partial charge >= 0.3 is 0 Å². The van der Waals surface area contributed by atoms with Crippen molar-refractivity contribution >= 4 is 21.4 Å². The predicted molar refractivity (Wildman–Crippen MR) is 87.8 cm³/mol. The molecule has 1 aromatic carbocycles. The smallest absolute Gasteiger partial charge is 0.247 e. The second-order valence-electron chi connectivity index (χ2n) is 5.57. The summed E-state index contributed by atoms with van der Waals surface area (Å²) in [6.07, 6.45) is 1.86. The molecular formula is C16H19NO3S2. The zero-order valence-corrected chi connectivity index (χ0v) is 14.3. The van der Waals surface area contributed by atoms with Crippen LogP contribution in [0.25, 0.3) is 0 Å². The van der Waals surface area contributed by atoms with E-state index in [0.29, 0.717) is 12.3 Å². The molecule has 0 unspecified atom stereocenters. The fourth-order valence-corrected chi connectivity index (χ4v) is 5.02. The molecule has 0 atom stereocenters. The lowest BCUT2D eigenvalue weighted by Crippen LogP contribution is -2.32. The molecule has 22 heavy (non-hydrogen) atoms. The third-order valence-corrected chi connectivity index (χ3v) is 6.43. The minimum Gasteiger partial charge on any atom is -0.495 e. The first-order valence-electron chi connectivity index (χ1n) is 7.20. The molecule has 2 aromatic rings. The van der Waals surface area contributed by atoms with E-state index in [1.54, 1.807) is 27.8 Å². The Morgan fingerprint density at radius 2 is 2.09 bits per heavy atom. The summed E-state index contributed by atoms with van der Waals surface area (Å²) in [5, 5.41) is 3.97. The summed E-state index contributed by atoms with van der Waals surface area (Å²) in [6, 6.07) is 7.35. The Morgan fingerprint density at radius 1 is 1.32 bits per heavy atom. The van der Waals surface area contributed by atoms with Crippen LogP contribution in [0.2, 0.25) is 0 Å². The lowest BCUT2D eigenvalue weighted by atomic mass is 10.2. The highest BCUT2D eigenvalue weighted by Crippen LogP contribution is 2.36. The van der Waals surface area contributed by atoms with Crippen molar-refractivity contribution in [2.45, 2.75) is 37.2 Å². The molecule has 118 valence electrons. The number of sulfonamides is 1. The summed E-state index contributed by atoms with van der Waals surface area (Å²) in [7, 11) is -2.06. The van der Waals surface area contributed by atoms with Crippen LogP contribution >= 0.6 is 11.3 Å². The van der Waals surface area contributed by atoms with Crippen LogP contribution in [0, 0.1) is 6.92 Å². The van der Waals surface area contributed by atoms with E-state index in [9.17, 15) is 8.42 Å². The molecule has 0 bridgehead atoms. The van der Waals surface area contributed by atoms with Crippen LogP contribution in [0.1, 0.15) is 24.0 Å². The summed E-state index contributed by atoms with van der Waals surface area (Å²) in [5.74, 6) is 0.404. The molecule has 4 nitrogen and oxygen atoms in total. The van der Waals surface area contributed by atoms with E-state index in [1.165, 1.54) is 7.11 Å². The summed E-state index contributed by atoms with van der Waals surface area (Å²) in [4.78, 5) is 0.261. The standard InChI is InChI=1S/C16H19NO3S2/c1-12-3-6-15(20-2)16(9-12)22(18,19)17(14-4-5-14)10-13-7-8-21-11-13/h3,6-9,11,14H,4-5,10H2,1-2H3. The third-order valence-electron chi connectivity index (χ3n) is 3.78. The second kappa shape index (κ2) is 6.02. The van der Waals surface area contributed by atoms with Crippen LogP contribution in [0.3, 0.4) is 0 Å². The molecule has 6 heteroatoms. The van der Waals surface area contributed by atoms with Crippen molar-refractivity contribution in [3.05, 3.63) is 46.2 Å². The van der Waals surface area contributed by atoms with Gasteiger partial charge in [-0.1, -0.05) is 6.07 Å². The van der Waals surface area contributed by atoms with Crippen LogP contribution in [0.5, 0.6) is 5.75 Å². The molecule has 1 aromatic heterocycles. The Labute approximate surface area is 135 Å². The lowest BCUT2D eigenvalue weighted by Gasteiger charge is -2.23. The average Bonchev–Trinajstić information content (AvgIpc) is 3.20. The zero-order valence-electron chi connectivity index (χ0n) is 12.7. The zero-order chi connectivity index (χ0) is 15.7. The van der Waals surface area contributed by atoms with E-state index < -0.39 is 10.0 Å². The lowest BCUT2D eigenvalue weighted by molar-refractivity contribution is 0.381. The first kappa shape index (κ1) is 15.5. The molecule has 0 amide bonds. The molecule has 1 aliphatic rings. The third kappa shape index (κ3) is 3.04. The molecule has 1 fully saturated rings. The number of rotatable bonds is 6. The number of methoxy groups -OCH3 is 1. The van der Waals surface area contributed by atoms with E-state index in [-0.39, 0.29) is 10.9 Å². The summed E-state index contributed by atoms with van der Waals surface area (Å²) in [5.41, 5.74) is 1.94. The van der Waals surface area contributed by atoms with Gasteiger partial charge in [0.25, 0.3) is 0 Å². The number of aryl methyl sites for hydroxylation is 1. The Bertz CT molecular complexity index is 750. The quantitative estimate of drug-likeness (QED) is 0.811. The number of thiophene rings is 1. The van der Waals surface area contributed by atoms with E-state index in [0.717, 1.165) is 24.0 Å². The minimum absolute atomic E-state index is 0.107. The summed E-state index contributed by atoms with van der Waals surface area (Å²) < 4.78 is 33.1. The molecule has 1 heterocycles. The molecule has 0 N–H and O–H groups in total. The molecule has 0 saturated heterocycles. The molecule has 3 rings (SSSR count). The van der Waals surface area contributed by atoms with Crippen molar-refractivity contribution in [1.82, 2.24) is 4.31 Å². The van der Waals surface area contributed by atoms with Crippen LogP contribution < -0.4 is 4.74 Å². The Balaban J connectivity index is 2.00. The normalized spacial score (nSPS) is 15.2. The van der Waals surface area contributed by atoms with Gasteiger partial charge in [-0.05, 0) is 59.9 Å². The number of ether oxygens (including phenoxy) is 1. The highest BCUT2D eigenvalue weighted by molar-refractivity contribution is 7.89. The highest BCUT2D eigenvalue weighted by Gasteiger charge is 2.39. The number of hydrogen-bond donors (Lipinski definition) is 0. The SMILES string of the molecule is COc1ccc(C)cc1S(=O)(=O)N(Cc1ccsc1)C1CC1. The van der Waals surface area contributed by atoms with Crippen LogP contribution in [-0.2, 0) is 16.6 Å². The van der Waals surface area contributed by atoms with Gasteiger partial charge in [0, 0.05) is 12.6 Å². The van der Waals surface area contributed by atoms with Crippen molar-refractivity contribution in [3.8, 4) is 5.75 Å². The van der Waals surface area contributed by atoms with E-state index in [2.05, 4.69) is 0 Å². The maximum atomic E-state index is 13.1. The number of nitrogens with zero attached hydrogens (tertiary/aromatic N) is 1. The van der Waals surface area contributed by atoms with Gasteiger partial charge in [-0.3, -0.25) is 0 Å². The van der Waals surface area contributed by atoms with Crippen LogP contribution in [-0.4, -0.2) is 25.9 Å². The summed E-state index contributed by atoms with van der Waals surface area (Å²) >= 11 is 1.58. The van der Waals surface area contributed by atoms with E-state index in [4.69, 9.17) is 4.74 Å². The summed E-state index contributed by atoms with van der Waals surface area (Å²) in [6.45, 7) is 2.31. The van der Waals surface area contributed by atoms with Crippen LogP contribution in [0.4, 0.5) is 0 Å². The van der Waals surface area contributed by atoms with Crippen molar-refractivity contribution in [1.29, 1.82) is 0 Å². The minimum atomic E-state index is -3.57. The van der Waals surface area contributed by atoms with Crippen LogP contribution in [0.15, 0.2) is 39.9 Å². The molecule has 0 aliphatic heterocycles. The van der Waals surface area contributed by atoms with Crippen molar-refractivity contribution in [2.75, 3.05) is 7.11 Å². The molecule has 0 spiro atoms. The van der Waals surface area contributed by atoms with Crippen molar-refractivity contribution < 1.29 is 13.2 Å². The van der Waals surface area contributed by atoms with Gasteiger partial charge in [0.15, 0.2) is 0 Å². The first-order valence-corrected chi connectivity index (χ1v) is 9.58. The Morgan fingerprint density at radius 3 is 2.68 bits per heavy atom. The maximum Gasteiger partial charge on any atom is 0.247 e. The monoisotopic (exact) mass is 337 g/mol. The highest BCUT2D eigenvalue weighted by atomic mass is 32.2. The topological polar surface area (TPSA) is 46.6 Å². The fraction of sp³-hybridized carbons (Fsp3) is 0.375. The molecule has 1 aliphatic carbocycles. The fourth-order valence-electron chi connectivity index (χ4n) is 2.45. The molecular weight excluding hydrogens is 318 g/mol. The van der Waals surface area contributed by atoms with Gasteiger partial charge in [-0.15, -0.1) is 0 Å². The largest absolute Gasteiger partial charge is 0.495 e. The second-order valence-corrected chi connectivity index (χ2v) is 8.21. The van der Waals surface area contributed by atoms with Gasteiger partial charge < -0.3 is 4.74 Å². The Hall–Kier alpha value is -1.37. The molecule has 1 saturated carbocycles. The Kier molecular flexibility index (Phi) is 4.25. The number of benzene rings is 1.